The smallest absolute Gasteiger partial charge is 0.313 e. The molecule has 6 nitrogen and oxygen atoms in total. The van der Waals surface area contributed by atoms with E-state index >= 15 is 0 Å². The maximum Gasteiger partial charge on any atom is 0.313 e. The summed E-state index contributed by atoms with van der Waals surface area (Å²) < 4.78 is 5.22. The first-order valence-electron chi connectivity index (χ1n) is 5.11. The molecule has 0 unspecified atom stereocenters. The highest BCUT2D eigenvalue weighted by Crippen LogP contribution is 2.30. The highest BCUT2D eigenvalue weighted by atomic mass is 16.6. The molecule has 0 heterocycles. The second-order valence-electron chi connectivity index (χ2n) is 3.52. The molecule has 0 saturated heterocycles. The fourth-order valence-corrected chi connectivity index (χ4v) is 1.39. The lowest BCUT2D eigenvalue weighted by Crippen LogP contribution is -2.04. The number of nitro benzene ring substituents is 1. The van der Waals surface area contributed by atoms with Gasteiger partial charge in [0, 0.05) is 12.0 Å². The van der Waals surface area contributed by atoms with Crippen LogP contribution in [-0.2, 0) is 4.79 Å². The lowest BCUT2D eigenvalue weighted by Gasteiger charge is -2.07. The van der Waals surface area contributed by atoms with Crippen LogP contribution in [0, 0.1) is 17.0 Å². The third-order valence-corrected chi connectivity index (χ3v) is 2.18. The Morgan fingerprint density at radius 1 is 1.53 bits per heavy atom. The predicted molar refractivity (Wildman–Crippen MR) is 60.2 cm³/mol. The average molecular weight is 239 g/mol. The summed E-state index contributed by atoms with van der Waals surface area (Å²) in [5.41, 5.74) is 0.452. The van der Waals surface area contributed by atoms with Gasteiger partial charge in [-0.15, -0.1) is 0 Å². The van der Waals surface area contributed by atoms with Crippen LogP contribution < -0.4 is 4.74 Å². The van der Waals surface area contributed by atoms with Gasteiger partial charge >= 0.3 is 11.7 Å². The zero-order chi connectivity index (χ0) is 12.8. The number of nitrogens with zero attached hydrogens (tertiary/aromatic N) is 1. The summed E-state index contributed by atoms with van der Waals surface area (Å²) in [7, 11) is 0. The summed E-state index contributed by atoms with van der Waals surface area (Å²) in [5, 5.41) is 19.2. The molecule has 1 rings (SSSR count). The van der Waals surface area contributed by atoms with E-state index in [-0.39, 0.29) is 24.5 Å². The Labute approximate surface area is 98.0 Å². The van der Waals surface area contributed by atoms with E-state index in [1.807, 2.05) is 0 Å². The molecular formula is C11H13NO5. The molecule has 1 aromatic rings. The van der Waals surface area contributed by atoms with Crippen LogP contribution in [-0.4, -0.2) is 22.6 Å². The van der Waals surface area contributed by atoms with Crippen LogP contribution in [0.1, 0.15) is 18.4 Å². The van der Waals surface area contributed by atoms with Crippen molar-refractivity contribution in [3.8, 4) is 5.75 Å². The first kappa shape index (κ1) is 13.0. The number of ether oxygens (including phenoxy) is 1. The number of hydrogen-bond donors (Lipinski definition) is 1. The normalized spacial score (nSPS) is 9.94. The molecular weight excluding hydrogens is 226 g/mol. The van der Waals surface area contributed by atoms with Crippen molar-refractivity contribution in [3.05, 3.63) is 33.9 Å². The van der Waals surface area contributed by atoms with Gasteiger partial charge in [0.15, 0.2) is 5.75 Å². The molecule has 0 radical (unpaired) electrons. The number of carbonyl (C=O) groups is 1. The number of aryl methyl sites for hydroxylation is 1. The highest BCUT2D eigenvalue weighted by molar-refractivity contribution is 5.66. The maximum atomic E-state index is 10.8. The Morgan fingerprint density at radius 3 is 2.82 bits per heavy atom. The zero-order valence-corrected chi connectivity index (χ0v) is 9.38. The maximum absolute atomic E-state index is 10.8. The molecule has 0 spiro atoms. The Bertz CT molecular complexity index is 430. The van der Waals surface area contributed by atoms with E-state index in [9.17, 15) is 14.9 Å². The third-order valence-electron chi connectivity index (χ3n) is 2.18. The Hall–Kier alpha value is -2.11. The summed E-state index contributed by atoms with van der Waals surface area (Å²) in [4.78, 5) is 20.6. The van der Waals surface area contributed by atoms with Crippen LogP contribution in [0.2, 0.25) is 0 Å². The number of benzene rings is 1. The van der Waals surface area contributed by atoms with Crippen LogP contribution in [0.5, 0.6) is 5.75 Å². The molecule has 0 atom stereocenters. The van der Waals surface area contributed by atoms with E-state index in [1.165, 1.54) is 6.07 Å². The molecule has 17 heavy (non-hydrogen) atoms. The van der Waals surface area contributed by atoms with Gasteiger partial charge < -0.3 is 9.84 Å². The Balaban J connectivity index is 2.67. The first-order chi connectivity index (χ1) is 8.02. The molecule has 0 aliphatic heterocycles. The number of rotatable bonds is 6. The third kappa shape index (κ3) is 3.75. The van der Waals surface area contributed by atoms with Gasteiger partial charge in [0.25, 0.3) is 0 Å². The second-order valence-corrected chi connectivity index (χ2v) is 3.52. The quantitative estimate of drug-likeness (QED) is 0.466. The van der Waals surface area contributed by atoms with Gasteiger partial charge in [0.05, 0.1) is 11.5 Å². The monoisotopic (exact) mass is 239 g/mol. The molecule has 0 aliphatic rings. The van der Waals surface area contributed by atoms with Crippen molar-refractivity contribution in [1.29, 1.82) is 0 Å². The van der Waals surface area contributed by atoms with Gasteiger partial charge in [-0.05, 0) is 19.4 Å². The van der Waals surface area contributed by atoms with Crippen molar-refractivity contribution < 1.29 is 19.6 Å². The predicted octanol–water partition coefficient (Wildman–Crippen LogP) is 2.15. The van der Waals surface area contributed by atoms with E-state index in [2.05, 4.69) is 0 Å². The molecule has 1 N–H and O–H groups in total. The lowest BCUT2D eigenvalue weighted by atomic mass is 10.2. The number of aliphatic carboxylic acids is 1. The fourth-order valence-electron chi connectivity index (χ4n) is 1.39. The van der Waals surface area contributed by atoms with Gasteiger partial charge in [-0.3, -0.25) is 14.9 Å². The average Bonchev–Trinajstić information content (AvgIpc) is 2.23. The topological polar surface area (TPSA) is 89.7 Å². The minimum atomic E-state index is -0.910. The molecule has 92 valence electrons. The van der Waals surface area contributed by atoms with E-state index < -0.39 is 10.9 Å². The number of nitro groups is 1. The zero-order valence-electron chi connectivity index (χ0n) is 9.38. The van der Waals surface area contributed by atoms with Crippen molar-refractivity contribution in [2.45, 2.75) is 19.8 Å². The van der Waals surface area contributed by atoms with Crippen molar-refractivity contribution in [2.24, 2.45) is 0 Å². The summed E-state index contributed by atoms with van der Waals surface area (Å²) in [6, 6.07) is 4.79. The van der Waals surface area contributed by atoms with Crippen LogP contribution in [0.25, 0.3) is 0 Å². The standard InChI is InChI=1S/C11H13NO5/c1-8-4-2-5-9(11(8)12(15)16)17-7-3-6-10(13)14/h2,4-5H,3,6-7H2,1H3,(H,13,14). The SMILES string of the molecule is Cc1cccc(OCCCC(=O)O)c1[N+](=O)[O-]. The molecule has 0 bridgehead atoms. The molecule has 0 fully saturated rings. The van der Waals surface area contributed by atoms with Crippen LogP contribution in [0.15, 0.2) is 18.2 Å². The van der Waals surface area contributed by atoms with Crippen LogP contribution in [0.4, 0.5) is 5.69 Å². The number of hydrogen-bond acceptors (Lipinski definition) is 4. The first-order valence-corrected chi connectivity index (χ1v) is 5.11. The van der Waals surface area contributed by atoms with Crippen molar-refractivity contribution >= 4 is 11.7 Å². The van der Waals surface area contributed by atoms with Gasteiger partial charge in [0.2, 0.25) is 0 Å². The van der Waals surface area contributed by atoms with E-state index in [0.717, 1.165) is 0 Å². The number of carboxylic acid groups (broad SMARTS) is 1. The second kappa shape index (κ2) is 5.83. The highest BCUT2D eigenvalue weighted by Gasteiger charge is 2.17. The van der Waals surface area contributed by atoms with Gasteiger partial charge in [0.1, 0.15) is 0 Å². The summed E-state index contributed by atoms with van der Waals surface area (Å²) in [5.74, 6) is -0.729. The van der Waals surface area contributed by atoms with Gasteiger partial charge in [-0.25, -0.2) is 0 Å². The van der Waals surface area contributed by atoms with Crippen LogP contribution >= 0.6 is 0 Å². The minimum Gasteiger partial charge on any atom is -0.487 e. The molecule has 6 heteroatoms. The summed E-state index contributed by atoms with van der Waals surface area (Å²) in [6.45, 7) is 1.78. The number of para-hydroxylation sites is 1. The van der Waals surface area contributed by atoms with E-state index in [1.54, 1.807) is 19.1 Å². The Kier molecular flexibility index (Phi) is 4.45. The summed E-state index contributed by atoms with van der Waals surface area (Å²) in [6.07, 6.45) is 0.306. The fraction of sp³-hybridized carbons (Fsp3) is 0.364. The minimum absolute atomic E-state index is 0.0143. The molecule has 0 aliphatic carbocycles. The summed E-state index contributed by atoms with van der Waals surface area (Å²) >= 11 is 0. The van der Waals surface area contributed by atoms with Crippen molar-refractivity contribution in [1.82, 2.24) is 0 Å². The molecule has 1 aromatic carbocycles. The molecule has 0 aromatic heterocycles. The Morgan fingerprint density at radius 2 is 2.24 bits per heavy atom. The molecule has 0 amide bonds. The van der Waals surface area contributed by atoms with E-state index in [4.69, 9.17) is 9.84 Å². The van der Waals surface area contributed by atoms with Gasteiger partial charge in [-0.2, -0.15) is 0 Å². The number of carboxylic acids is 1. The van der Waals surface area contributed by atoms with Crippen molar-refractivity contribution in [2.75, 3.05) is 6.61 Å². The van der Waals surface area contributed by atoms with Crippen LogP contribution in [0.3, 0.4) is 0 Å². The molecule has 0 saturated carbocycles. The lowest BCUT2D eigenvalue weighted by molar-refractivity contribution is -0.386. The van der Waals surface area contributed by atoms with Gasteiger partial charge in [-0.1, -0.05) is 12.1 Å². The van der Waals surface area contributed by atoms with Crippen molar-refractivity contribution in [3.63, 3.8) is 0 Å². The van der Waals surface area contributed by atoms with E-state index in [0.29, 0.717) is 12.0 Å². The largest absolute Gasteiger partial charge is 0.487 e.